The van der Waals surface area contributed by atoms with Crippen LogP contribution in [0.4, 0.5) is 24.7 Å². The fourth-order valence-electron chi connectivity index (χ4n) is 6.15. The van der Waals surface area contributed by atoms with Crippen molar-refractivity contribution in [2.24, 2.45) is 5.41 Å². The molecule has 0 radical (unpaired) electrons. The zero-order valence-corrected chi connectivity index (χ0v) is 25.3. The third-order valence-electron chi connectivity index (χ3n) is 8.93. The van der Waals surface area contributed by atoms with Crippen LogP contribution in [0.25, 0.3) is 5.65 Å². The first-order chi connectivity index (χ1) is 22.1. The molecular weight excluding hydrogens is 597 g/mol. The number of amides is 1. The number of hydrogen-bond acceptors (Lipinski definition) is 8. The van der Waals surface area contributed by atoms with Crippen molar-refractivity contribution in [3.63, 3.8) is 0 Å². The minimum absolute atomic E-state index is 0.0531. The zero-order valence-electron chi connectivity index (χ0n) is 25.3. The van der Waals surface area contributed by atoms with Gasteiger partial charge in [0.25, 0.3) is 5.91 Å². The van der Waals surface area contributed by atoms with Gasteiger partial charge in [-0.15, -0.1) is 5.10 Å². The van der Waals surface area contributed by atoms with Crippen molar-refractivity contribution < 1.29 is 22.7 Å². The fourth-order valence-corrected chi connectivity index (χ4v) is 6.15. The van der Waals surface area contributed by atoms with Gasteiger partial charge in [-0.1, -0.05) is 12.0 Å². The molecule has 0 bridgehead atoms. The molecular formula is C33H33F3N8O2. The van der Waals surface area contributed by atoms with Crippen LogP contribution in [-0.4, -0.2) is 94.8 Å². The molecule has 1 amide bonds. The van der Waals surface area contributed by atoms with Crippen LogP contribution in [-0.2, 0) is 17.5 Å². The summed E-state index contributed by atoms with van der Waals surface area (Å²) in [5.41, 5.74) is 1.57. The van der Waals surface area contributed by atoms with Crippen molar-refractivity contribution in [3.05, 3.63) is 82.9 Å². The van der Waals surface area contributed by atoms with E-state index < -0.39 is 17.6 Å². The second-order valence-electron chi connectivity index (χ2n) is 12.4. The van der Waals surface area contributed by atoms with Crippen molar-refractivity contribution in [1.29, 1.82) is 0 Å². The van der Waals surface area contributed by atoms with Crippen molar-refractivity contribution in [3.8, 4) is 11.8 Å². The molecule has 238 valence electrons. The number of ether oxygens (including phenoxy) is 1. The normalized spacial score (nSPS) is 18.4. The van der Waals surface area contributed by atoms with Crippen LogP contribution < -0.4 is 10.2 Å². The lowest BCUT2D eigenvalue weighted by atomic mass is 9.85. The summed E-state index contributed by atoms with van der Waals surface area (Å²) in [7, 11) is 2.00. The first-order valence-corrected chi connectivity index (χ1v) is 15.2. The number of carbonyl (C=O) groups excluding carboxylic acids is 1. The number of likely N-dealkylation sites (N-methyl/N-ethyl adjacent to an activating group) is 1. The van der Waals surface area contributed by atoms with Gasteiger partial charge < -0.3 is 19.9 Å². The number of imidazole rings is 1. The van der Waals surface area contributed by atoms with Gasteiger partial charge in [0.1, 0.15) is 11.5 Å². The zero-order chi connectivity index (χ0) is 31.9. The van der Waals surface area contributed by atoms with Crippen molar-refractivity contribution >= 4 is 23.1 Å². The predicted molar refractivity (Wildman–Crippen MR) is 165 cm³/mol. The molecule has 0 saturated carbocycles. The molecule has 10 nitrogen and oxygen atoms in total. The van der Waals surface area contributed by atoms with Gasteiger partial charge in [-0.2, -0.15) is 13.2 Å². The highest BCUT2D eigenvalue weighted by molar-refractivity contribution is 6.04. The van der Waals surface area contributed by atoms with Crippen LogP contribution in [0.3, 0.4) is 0 Å². The number of alkyl halides is 3. The Morgan fingerprint density at radius 1 is 1.02 bits per heavy atom. The van der Waals surface area contributed by atoms with Gasteiger partial charge in [-0.25, -0.2) is 9.50 Å². The number of aromatic nitrogens is 4. The number of rotatable bonds is 5. The quantitative estimate of drug-likeness (QED) is 0.334. The molecule has 0 atom stereocenters. The average Bonchev–Trinajstić information content (AvgIpc) is 3.67. The van der Waals surface area contributed by atoms with Gasteiger partial charge in [-0.05, 0) is 55.3 Å². The lowest BCUT2D eigenvalue weighted by molar-refractivity contribution is -0.138. The number of halogens is 3. The highest BCUT2D eigenvalue weighted by Crippen LogP contribution is 2.39. The summed E-state index contributed by atoms with van der Waals surface area (Å²) < 4.78 is 49.2. The maximum Gasteiger partial charge on any atom is 0.416 e. The van der Waals surface area contributed by atoms with E-state index in [1.54, 1.807) is 16.8 Å². The topological polar surface area (TPSA) is 91.1 Å². The predicted octanol–water partition coefficient (Wildman–Crippen LogP) is 3.77. The molecule has 46 heavy (non-hydrogen) atoms. The number of carbonyl (C=O) groups is 1. The van der Waals surface area contributed by atoms with E-state index in [2.05, 4.69) is 36.9 Å². The molecule has 1 aromatic carbocycles. The van der Waals surface area contributed by atoms with Gasteiger partial charge in [0, 0.05) is 74.9 Å². The first kappa shape index (κ1) is 30.2. The molecule has 0 aliphatic carbocycles. The number of hydrogen-bond donors (Lipinski definition) is 1. The third kappa shape index (κ3) is 6.28. The van der Waals surface area contributed by atoms with Crippen molar-refractivity contribution in [2.75, 3.05) is 69.7 Å². The first-order valence-electron chi connectivity index (χ1n) is 15.2. The summed E-state index contributed by atoms with van der Waals surface area (Å²) in [4.78, 5) is 28.0. The second-order valence-corrected chi connectivity index (χ2v) is 12.4. The van der Waals surface area contributed by atoms with E-state index in [9.17, 15) is 18.0 Å². The molecule has 3 aliphatic heterocycles. The van der Waals surface area contributed by atoms with E-state index in [-0.39, 0.29) is 28.8 Å². The van der Waals surface area contributed by atoms with E-state index in [4.69, 9.17) is 9.84 Å². The standard InChI is InChI=1S/C33H33F3N8O2/c1-41-10-12-42(13-11-41)19-24-3-4-26(15-28(24)33(34,35)36)39-31(45)25-14-23(16-37-17-25)2-5-27-18-38-29-6-7-30(40-44(27)29)43-9-8-32(20-43)21-46-22-32/h3-4,6-7,14-18H,8-13,19-22H2,1H3,(H,39,45). The highest BCUT2D eigenvalue weighted by atomic mass is 19.4. The Morgan fingerprint density at radius 2 is 1.85 bits per heavy atom. The summed E-state index contributed by atoms with van der Waals surface area (Å²) in [5.74, 6) is 6.35. The molecule has 3 aromatic heterocycles. The monoisotopic (exact) mass is 630 g/mol. The number of anilines is 2. The molecule has 3 aliphatic rings. The summed E-state index contributed by atoms with van der Waals surface area (Å²) in [6.07, 6.45) is 1.03. The molecule has 6 heterocycles. The number of pyridine rings is 1. The number of nitrogens with zero attached hydrogens (tertiary/aromatic N) is 7. The van der Waals surface area contributed by atoms with E-state index in [0.29, 0.717) is 30.0 Å². The van der Waals surface area contributed by atoms with Crippen LogP contribution in [0.2, 0.25) is 0 Å². The number of piperazine rings is 1. The molecule has 0 unspecified atom stereocenters. The lowest BCUT2D eigenvalue weighted by Crippen LogP contribution is -2.44. The fraction of sp³-hybridized carbons (Fsp3) is 0.394. The van der Waals surface area contributed by atoms with Gasteiger partial charge in [0.2, 0.25) is 0 Å². The second kappa shape index (κ2) is 12.0. The van der Waals surface area contributed by atoms with E-state index in [1.165, 1.54) is 24.5 Å². The van der Waals surface area contributed by atoms with Crippen LogP contribution in [0, 0.1) is 17.3 Å². The van der Waals surface area contributed by atoms with Crippen molar-refractivity contribution in [2.45, 2.75) is 19.1 Å². The molecule has 3 fully saturated rings. The van der Waals surface area contributed by atoms with Gasteiger partial charge >= 0.3 is 6.18 Å². The van der Waals surface area contributed by atoms with Crippen LogP contribution in [0.5, 0.6) is 0 Å². The average molecular weight is 631 g/mol. The number of fused-ring (bicyclic) bond motifs is 1. The molecule has 4 aromatic rings. The summed E-state index contributed by atoms with van der Waals surface area (Å²) >= 11 is 0. The Kier molecular flexibility index (Phi) is 7.88. The summed E-state index contributed by atoms with van der Waals surface area (Å²) in [6, 6.07) is 9.36. The van der Waals surface area contributed by atoms with Gasteiger partial charge in [-0.3, -0.25) is 14.7 Å². The van der Waals surface area contributed by atoms with Gasteiger partial charge in [0.15, 0.2) is 5.65 Å². The molecule has 1 N–H and O–H groups in total. The molecule has 1 spiro atoms. The SMILES string of the molecule is CN1CCN(Cc2ccc(NC(=O)c3cncc(C#Cc4cnc5ccc(N6CCC7(COC7)C6)nn45)c3)cc2C(F)(F)F)CC1. The largest absolute Gasteiger partial charge is 0.416 e. The highest BCUT2D eigenvalue weighted by Gasteiger charge is 2.44. The van der Waals surface area contributed by atoms with E-state index >= 15 is 0 Å². The minimum atomic E-state index is -4.56. The Morgan fingerprint density at radius 3 is 2.59 bits per heavy atom. The van der Waals surface area contributed by atoms with Crippen LogP contribution in [0.15, 0.2) is 55.0 Å². The van der Waals surface area contributed by atoms with Crippen molar-refractivity contribution in [1.82, 2.24) is 29.4 Å². The smallest absolute Gasteiger partial charge is 0.380 e. The molecule has 7 rings (SSSR count). The Bertz CT molecular complexity index is 1830. The number of nitrogens with one attached hydrogen (secondary N) is 1. The maximum atomic E-state index is 14.0. The summed E-state index contributed by atoms with van der Waals surface area (Å²) in [5, 5.41) is 7.38. The Balaban J connectivity index is 1.06. The summed E-state index contributed by atoms with van der Waals surface area (Å²) in [6.45, 7) is 6.59. The van der Waals surface area contributed by atoms with Crippen LogP contribution >= 0.6 is 0 Å². The number of benzene rings is 1. The molecule has 13 heteroatoms. The lowest BCUT2D eigenvalue weighted by Gasteiger charge is -2.37. The Labute approximate surface area is 264 Å². The van der Waals surface area contributed by atoms with Crippen LogP contribution in [0.1, 0.15) is 39.2 Å². The minimum Gasteiger partial charge on any atom is -0.380 e. The third-order valence-corrected chi connectivity index (χ3v) is 8.93. The maximum absolute atomic E-state index is 14.0. The molecule has 3 saturated heterocycles. The van der Waals surface area contributed by atoms with E-state index in [0.717, 1.165) is 57.7 Å². The Hall–Kier alpha value is -4.51. The van der Waals surface area contributed by atoms with Gasteiger partial charge in [0.05, 0.1) is 30.5 Å². The van der Waals surface area contributed by atoms with E-state index in [1.807, 2.05) is 24.1 Å².